The van der Waals surface area contributed by atoms with Crippen molar-refractivity contribution in [1.82, 2.24) is 0 Å². The molecule has 110 valence electrons. The number of carbonyl (C=O) groups is 3. The molecule has 0 radical (unpaired) electrons. The molecular weight excluding hydrogens is 260 g/mol. The number of carboxylic acids is 2. The highest BCUT2D eigenvalue weighted by Crippen LogP contribution is 2.51. The van der Waals surface area contributed by atoms with Gasteiger partial charge in [0.2, 0.25) is 0 Å². The number of aliphatic carboxylic acids is 2. The molecule has 1 saturated carbocycles. The van der Waals surface area contributed by atoms with Crippen molar-refractivity contribution in [3.8, 4) is 0 Å². The van der Waals surface area contributed by atoms with Crippen LogP contribution in [0, 0.1) is 23.2 Å². The number of allylic oxidation sites excluding steroid dienone is 1. The van der Waals surface area contributed by atoms with E-state index in [2.05, 4.69) is 0 Å². The monoisotopic (exact) mass is 280 g/mol. The number of rotatable bonds is 3. The maximum Gasteiger partial charge on any atom is 0.310 e. The number of hydrogen-bond acceptors (Lipinski definition) is 3. The first kappa shape index (κ1) is 14.8. The Bertz CT molecular complexity index is 492. The van der Waals surface area contributed by atoms with E-state index in [-0.39, 0.29) is 23.7 Å². The quantitative estimate of drug-likeness (QED) is 0.826. The van der Waals surface area contributed by atoms with E-state index in [9.17, 15) is 19.5 Å². The van der Waals surface area contributed by atoms with E-state index in [0.29, 0.717) is 6.42 Å². The molecule has 5 nitrogen and oxygen atoms in total. The molecule has 0 unspecified atom stereocenters. The van der Waals surface area contributed by atoms with Crippen molar-refractivity contribution in [3.05, 3.63) is 11.6 Å². The van der Waals surface area contributed by atoms with Crippen molar-refractivity contribution in [2.45, 2.75) is 39.5 Å². The fourth-order valence-electron chi connectivity index (χ4n) is 3.66. The molecule has 0 bridgehead atoms. The summed E-state index contributed by atoms with van der Waals surface area (Å²) in [5.74, 6) is -3.45. The molecule has 20 heavy (non-hydrogen) atoms. The van der Waals surface area contributed by atoms with Crippen molar-refractivity contribution in [3.63, 3.8) is 0 Å². The molecule has 0 amide bonds. The summed E-state index contributed by atoms with van der Waals surface area (Å²) in [6, 6.07) is 0. The average Bonchev–Trinajstić information content (AvgIpc) is 2.36. The van der Waals surface area contributed by atoms with Gasteiger partial charge in [0, 0.05) is 17.4 Å². The van der Waals surface area contributed by atoms with E-state index in [1.165, 1.54) is 6.92 Å². The Morgan fingerprint density at radius 2 is 2.00 bits per heavy atom. The molecule has 2 rings (SSSR count). The van der Waals surface area contributed by atoms with Gasteiger partial charge in [-0.2, -0.15) is 0 Å². The predicted molar refractivity (Wildman–Crippen MR) is 71.1 cm³/mol. The van der Waals surface area contributed by atoms with Crippen LogP contribution in [0.25, 0.3) is 0 Å². The number of ketones is 1. The summed E-state index contributed by atoms with van der Waals surface area (Å²) >= 11 is 0. The number of carboxylic acid groups (broad SMARTS) is 2. The Kier molecular flexibility index (Phi) is 3.71. The van der Waals surface area contributed by atoms with Crippen LogP contribution in [0.15, 0.2) is 11.6 Å². The third-order valence-corrected chi connectivity index (χ3v) is 5.03. The molecule has 2 N–H and O–H groups in total. The van der Waals surface area contributed by atoms with Gasteiger partial charge in [0.1, 0.15) is 0 Å². The van der Waals surface area contributed by atoms with Crippen LogP contribution < -0.4 is 0 Å². The first-order chi connectivity index (χ1) is 9.27. The molecule has 0 aliphatic heterocycles. The number of hydrogen-bond donors (Lipinski definition) is 2. The second kappa shape index (κ2) is 5.04. The molecule has 0 aromatic heterocycles. The summed E-state index contributed by atoms with van der Waals surface area (Å²) in [5.41, 5.74) is -0.346. The molecule has 2 aliphatic carbocycles. The van der Waals surface area contributed by atoms with Crippen molar-refractivity contribution < 1.29 is 24.6 Å². The third kappa shape index (κ3) is 2.25. The molecule has 0 aromatic carbocycles. The maximum atomic E-state index is 12.1. The van der Waals surface area contributed by atoms with E-state index in [1.54, 1.807) is 6.08 Å². The summed E-state index contributed by atoms with van der Waals surface area (Å²) in [7, 11) is 0. The molecule has 0 spiro atoms. The second-order valence-electron chi connectivity index (χ2n) is 6.17. The van der Waals surface area contributed by atoms with Gasteiger partial charge in [0.25, 0.3) is 0 Å². The second-order valence-corrected chi connectivity index (χ2v) is 6.17. The van der Waals surface area contributed by atoms with Gasteiger partial charge < -0.3 is 10.2 Å². The summed E-state index contributed by atoms with van der Waals surface area (Å²) < 4.78 is 0. The lowest BCUT2D eigenvalue weighted by molar-refractivity contribution is -0.149. The summed E-state index contributed by atoms with van der Waals surface area (Å²) in [6.07, 6.45) is 4.14. The van der Waals surface area contributed by atoms with Crippen LogP contribution >= 0.6 is 0 Å². The highest BCUT2D eigenvalue weighted by molar-refractivity contribution is 6.01. The highest BCUT2D eigenvalue weighted by Gasteiger charge is 2.50. The van der Waals surface area contributed by atoms with Crippen LogP contribution in [0.1, 0.15) is 39.5 Å². The van der Waals surface area contributed by atoms with Gasteiger partial charge in [-0.1, -0.05) is 19.4 Å². The van der Waals surface area contributed by atoms with E-state index in [1.807, 2.05) is 6.92 Å². The van der Waals surface area contributed by atoms with Gasteiger partial charge in [-0.05, 0) is 25.7 Å². The van der Waals surface area contributed by atoms with Crippen molar-refractivity contribution in [2.24, 2.45) is 23.2 Å². The number of carbonyl (C=O) groups excluding carboxylic acids is 1. The number of Topliss-reactive ketones (excluding diaryl/α,β-unsaturated/α-hetero) is 1. The first-order valence-corrected chi connectivity index (χ1v) is 6.99. The molecule has 2 aliphatic rings. The third-order valence-electron chi connectivity index (χ3n) is 5.03. The summed E-state index contributed by atoms with van der Waals surface area (Å²) in [5, 5.41) is 18.5. The maximum absolute atomic E-state index is 12.1. The van der Waals surface area contributed by atoms with Crippen molar-refractivity contribution in [2.75, 3.05) is 0 Å². The lowest BCUT2D eigenvalue weighted by Crippen LogP contribution is -2.46. The normalized spacial score (nSPS) is 34.9. The zero-order valence-corrected chi connectivity index (χ0v) is 11.8. The van der Waals surface area contributed by atoms with Gasteiger partial charge >= 0.3 is 11.9 Å². The van der Waals surface area contributed by atoms with Crippen molar-refractivity contribution >= 4 is 17.7 Å². The van der Waals surface area contributed by atoms with E-state index < -0.39 is 29.2 Å². The van der Waals surface area contributed by atoms with Gasteiger partial charge in [-0.15, -0.1) is 0 Å². The molecule has 5 heteroatoms. The number of fused-ring (bicyclic) bond motifs is 1. The highest BCUT2D eigenvalue weighted by atomic mass is 16.4. The zero-order chi connectivity index (χ0) is 15.1. The smallest absolute Gasteiger partial charge is 0.310 e. The van der Waals surface area contributed by atoms with Gasteiger partial charge in [0.15, 0.2) is 5.78 Å². The van der Waals surface area contributed by atoms with Gasteiger partial charge in [-0.25, -0.2) is 0 Å². The Hall–Kier alpha value is -1.65. The Balaban J connectivity index is 2.46. The minimum absolute atomic E-state index is 0.00888. The molecule has 0 saturated heterocycles. The first-order valence-electron chi connectivity index (χ1n) is 6.99. The minimum Gasteiger partial charge on any atom is -0.481 e. The lowest BCUT2D eigenvalue weighted by Gasteiger charge is -2.46. The van der Waals surface area contributed by atoms with Crippen LogP contribution in [0.3, 0.4) is 0 Å². The van der Waals surface area contributed by atoms with Crippen LogP contribution in [0.2, 0.25) is 0 Å². The topological polar surface area (TPSA) is 91.7 Å². The van der Waals surface area contributed by atoms with E-state index in [4.69, 9.17) is 5.11 Å². The molecule has 0 aromatic rings. The minimum atomic E-state index is -1.05. The van der Waals surface area contributed by atoms with E-state index >= 15 is 0 Å². The summed E-state index contributed by atoms with van der Waals surface area (Å²) in [6.45, 7) is 3.34. The lowest BCUT2D eigenvalue weighted by atomic mass is 9.56. The largest absolute Gasteiger partial charge is 0.481 e. The van der Waals surface area contributed by atoms with Crippen LogP contribution in [0.5, 0.6) is 0 Å². The fourth-order valence-corrected chi connectivity index (χ4v) is 3.66. The van der Waals surface area contributed by atoms with Crippen LogP contribution in [-0.4, -0.2) is 27.9 Å². The standard InChI is InChI=1S/C15H20O5/c1-8(13(17)18)10-7-15(2)9(6-12(10)16)4-3-5-11(15)14(19)20/h7-9,11H,3-6H2,1-2H3,(H,17,18)(H,19,20)/t8-,9-,11-,15+/m1/s1. The van der Waals surface area contributed by atoms with Gasteiger partial charge in [0.05, 0.1) is 11.8 Å². The summed E-state index contributed by atoms with van der Waals surface area (Å²) in [4.78, 5) is 34.7. The molecular formula is C15H20O5. The van der Waals surface area contributed by atoms with Crippen LogP contribution in [-0.2, 0) is 14.4 Å². The Morgan fingerprint density at radius 1 is 1.35 bits per heavy atom. The zero-order valence-electron chi connectivity index (χ0n) is 11.8. The SMILES string of the molecule is C[C@@H](C(=O)O)C1=C[C@@]2(C)[C@H](CCC[C@@H]2C(=O)O)CC1=O. The van der Waals surface area contributed by atoms with Crippen LogP contribution in [0.4, 0.5) is 0 Å². The van der Waals surface area contributed by atoms with Gasteiger partial charge in [-0.3, -0.25) is 14.4 Å². The molecule has 0 heterocycles. The fraction of sp³-hybridized carbons (Fsp3) is 0.667. The average molecular weight is 280 g/mol. The molecule has 1 fully saturated rings. The van der Waals surface area contributed by atoms with Crippen molar-refractivity contribution in [1.29, 1.82) is 0 Å². The van der Waals surface area contributed by atoms with E-state index in [0.717, 1.165) is 12.8 Å². The predicted octanol–water partition coefficient (Wildman–Crippen LogP) is 2.11. The Labute approximate surface area is 117 Å². The molecule has 4 atom stereocenters. The Morgan fingerprint density at radius 3 is 2.55 bits per heavy atom.